The molecule has 3 aliphatic heterocycles. The fourth-order valence-electron chi connectivity index (χ4n) is 10.2. The molecule has 0 aliphatic carbocycles. The van der Waals surface area contributed by atoms with Gasteiger partial charge in [-0.1, -0.05) is 66.7 Å². The van der Waals surface area contributed by atoms with E-state index in [1.54, 1.807) is 41.5 Å². The van der Waals surface area contributed by atoms with Crippen LogP contribution in [-0.2, 0) is 86.3 Å². The van der Waals surface area contributed by atoms with Gasteiger partial charge < -0.3 is 29.2 Å². The number of ketones is 2. The van der Waals surface area contributed by atoms with Crippen molar-refractivity contribution in [3.8, 4) is 0 Å². The number of nitrogens with zero attached hydrogens (tertiary/aromatic N) is 2. The van der Waals surface area contributed by atoms with Gasteiger partial charge in [-0.3, -0.25) is 33.6 Å². The molecule has 0 saturated carbocycles. The fourth-order valence-corrected chi connectivity index (χ4v) is 10.2. The average Bonchev–Trinajstić information content (AvgIpc) is 1.95. The van der Waals surface area contributed by atoms with Crippen molar-refractivity contribution in [2.75, 3.05) is 18.1 Å². The Morgan fingerprint density at radius 2 is 0.977 bits per heavy atom. The lowest BCUT2D eigenvalue weighted by molar-refractivity contribution is -0.154. The highest BCUT2D eigenvalue weighted by atomic mass is 19.3. The number of halogens is 8. The van der Waals surface area contributed by atoms with Crippen molar-refractivity contribution in [2.24, 2.45) is 0 Å². The molecule has 4 aromatic carbocycles. The van der Waals surface area contributed by atoms with E-state index in [1.165, 1.54) is 60.2 Å². The molecule has 0 saturated heterocycles. The van der Waals surface area contributed by atoms with E-state index in [2.05, 4.69) is 29.6 Å². The number of alkyl halides is 8. The molecule has 3 amide bonds. The molecule has 0 spiro atoms. The first-order chi connectivity index (χ1) is 40.4. The molecule has 86 heavy (non-hydrogen) atoms. The minimum Gasteiger partial charge on any atom is -0.465 e. The lowest BCUT2D eigenvalue weighted by Crippen LogP contribution is -2.40. The molecule has 4 aromatic rings. The largest absolute Gasteiger partial charge is 0.465 e. The third-order valence-electron chi connectivity index (χ3n) is 14.2. The van der Waals surface area contributed by atoms with E-state index in [0.717, 1.165) is 30.3 Å². The zero-order valence-electron chi connectivity index (χ0n) is 49.3. The second kappa shape index (κ2) is 30.2. The van der Waals surface area contributed by atoms with Crippen LogP contribution in [0.1, 0.15) is 166 Å². The van der Waals surface area contributed by atoms with Crippen LogP contribution < -0.4 is 10.2 Å². The lowest BCUT2D eigenvalue weighted by atomic mass is 9.72. The molecule has 23 heteroatoms. The molecular weight excluding hydrogens is 1140 g/mol. The number of anilines is 1. The summed E-state index contributed by atoms with van der Waals surface area (Å²) < 4.78 is 127. The summed E-state index contributed by atoms with van der Waals surface area (Å²) in [5, 5.41) is 3.29. The first-order valence-corrected chi connectivity index (χ1v) is 28.1. The van der Waals surface area contributed by atoms with Crippen LogP contribution in [0, 0.1) is 0 Å². The highest BCUT2D eigenvalue weighted by Gasteiger charge is 2.48. The van der Waals surface area contributed by atoms with Crippen LogP contribution in [0.4, 0.5) is 45.6 Å². The number of hydrogen-bond donors (Lipinski definition) is 1. The Labute approximate surface area is 494 Å². The maximum atomic E-state index is 13.8. The highest BCUT2D eigenvalue weighted by Crippen LogP contribution is 2.43. The zero-order valence-corrected chi connectivity index (χ0v) is 49.3. The van der Waals surface area contributed by atoms with Gasteiger partial charge in [0.05, 0.1) is 41.7 Å². The number of amides is 3. The summed E-state index contributed by atoms with van der Waals surface area (Å²) in [5.41, 5.74) is -1.59. The van der Waals surface area contributed by atoms with E-state index >= 15 is 0 Å². The lowest BCUT2D eigenvalue weighted by Gasteiger charge is -2.33. The number of benzene rings is 4. The first kappa shape index (κ1) is 69.2. The second-order valence-corrected chi connectivity index (χ2v) is 22.8. The molecule has 0 unspecified atom stereocenters. The number of rotatable bonds is 22. The maximum Gasteiger partial charge on any atom is 0.422 e. The Hall–Kier alpha value is -7.56. The Morgan fingerprint density at radius 1 is 0.558 bits per heavy atom. The monoisotopic (exact) mass is 1220 g/mol. The van der Waals surface area contributed by atoms with Gasteiger partial charge in [-0.25, -0.2) is 44.8 Å². The van der Waals surface area contributed by atoms with Gasteiger partial charge in [0.15, 0.2) is 0 Å². The fraction of sp³-hybridized carbons (Fsp3) is 0.492. The number of carbonyl (C=O) groups excluding carboxylic acids is 8. The molecule has 15 nitrogen and oxygen atoms in total. The average molecular weight is 1220 g/mol. The Balaban J connectivity index is 0.000000277. The zero-order chi connectivity index (χ0) is 63.9. The van der Waals surface area contributed by atoms with E-state index in [1.807, 2.05) is 24.3 Å². The van der Waals surface area contributed by atoms with Crippen LogP contribution >= 0.6 is 0 Å². The number of imide groups is 1. The van der Waals surface area contributed by atoms with E-state index in [-0.39, 0.29) is 59.8 Å². The quantitative estimate of drug-likeness (QED) is 0.0257. The molecule has 1 N–H and O–H groups in total. The molecular formula is C63H73F8N3O12. The first-order valence-electron chi connectivity index (χ1n) is 28.1. The SMILES string of the molecule is CCOC(=O)C(CCC(F)F)(CCC(F)F)c1ccc(CC(=O)OC(C)(C)C)c(C(=O)C(=O)N2Cc3ccccc3C2)c1.CCOC(=O)C(CCC(F)F)(CCC(F)F)c1ccc2c(c1)C(=O)C(=O)N2C(=O)OC(C)(C)C.c1ccc2c(c1)CNC2. The summed E-state index contributed by atoms with van der Waals surface area (Å²) >= 11 is 0. The predicted molar refractivity (Wildman–Crippen MR) is 300 cm³/mol. The molecule has 0 radical (unpaired) electrons. The smallest absolute Gasteiger partial charge is 0.422 e. The summed E-state index contributed by atoms with van der Waals surface area (Å²) in [7, 11) is 0. The summed E-state index contributed by atoms with van der Waals surface area (Å²) in [6.07, 6.45) is -18.1. The third-order valence-corrected chi connectivity index (χ3v) is 14.2. The number of carbonyl (C=O) groups is 8. The van der Waals surface area contributed by atoms with Crippen LogP contribution in [0.5, 0.6) is 0 Å². The van der Waals surface area contributed by atoms with E-state index in [0.29, 0.717) is 4.90 Å². The molecule has 7 rings (SSSR count). The minimum atomic E-state index is -2.84. The molecule has 0 atom stereocenters. The summed E-state index contributed by atoms with van der Waals surface area (Å²) in [5.74, 6) is -6.81. The minimum absolute atomic E-state index is 0.0268. The highest BCUT2D eigenvalue weighted by molar-refractivity contribution is 6.56. The summed E-state index contributed by atoms with van der Waals surface area (Å²) in [6.45, 7) is 14.9. The second-order valence-electron chi connectivity index (χ2n) is 22.8. The van der Waals surface area contributed by atoms with Gasteiger partial charge in [-0.15, -0.1) is 0 Å². The molecule has 0 aromatic heterocycles. The van der Waals surface area contributed by atoms with Crippen LogP contribution in [0.2, 0.25) is 0 Å². The van der Waals surface area contributed by atoms with Gasteiger partial charge in [0, 0.05) is 57.4 Å². The van der Waals surface area contributed by atoms with Gasteiger partial charge >= 0.3 is 29.9 Å². The van der Waals surface area contributed by atoms with Gasteiger partial charge in [0.2, 0.25) is 25.7 Å². The third kappa shape index (κ3) is 18.2. The van der Waals surface area contributed by atoms with Gasteiger partial charge in [0.1, 0.15) is 11.2 Å². The molecule has 0 bridgehead atoms. The maximum absolute atomic E-state index is 13.8. The van der Waals surface area contributed by atoms with Crippen LogP contribution in [0.25, 0.3) is 0 Å². The Kier molecular flexibility index (Phi) is 24.3. The van der Waals surface area contributed by atoms with Crippen LogP contribution in [0.15, 0.2) is 84.9 Å². The number of esters is 3. The molecule has 468 valence electrons. The van der Waals surface area contributed by atoms with Crippen LogP contribution in [0.3, 0.4) is 0 Å². The van der Waals surface area contributed by atoms with Crippen molar-refractivity contribution < 1.29 is 92.4 Å². The van der Waals surface area contributed by atoms with Crippen molar-refractivity contribution >= 4 is 53.1 Å². The number of ether oxygens (including phenoxy) is 4. The van der Waals surface area contributed by atoms with Crippen molar-refractivity contribution in [3.63, 3.8) is 0 Å². The number of hydrogen-bond acceptors (Lipinski definition) is 13. The molecule has 3 aliphatic rings. The molecule has 0 fully saturated rings. The van der Waals surface area contributed by atoms with Gasteiger partial charge in [-0.2, -0.15) is 0 Å². The summed E-state index contributed by atoms with van der Waals surface area (Å²) in [4.78, 5) is 106. The number of fused-ring (bicyclic) bond motifs is 3. The van der Waals surface area contributed by atoms with Gasteiger partial charge in [0.25, 0.3) is 17.5 Å². The van der Waals surface area contributed by atoms with Gasteiger partial charge in [-0.05, 0) is 138 Å². The van der Waals surface area contributed by atoms with Crippen molar-refractivity contribution in [2.45, 2.75) is 187 Å². The van der Waals surface area contributed by atoms with E-state index in [9.17, 15) is 73.5 Å². The molecule has 3 heterocycles. The normalized spacial score (nSPS) is 13.9. The standard InChI is InChI=1S/C32H37F4NO6.C23H27F4NO6.C8H9N/c1-5-42-30(41)32(14-12-25(33)34,15-13-26(35)36)23-11-10-20(16-27(38)43-31(2,3)4)24(17-23)28(39)29(40)37-18-21-8-6-7-9-22(21)19-37;1-5-33-20(31)23(10-8-16(24)25,11-9-17(26)27)13-6-7-15-14(12-13)18(29)19(30)28(15)21(32)34-22(2,3)4;1-2-4-8-6-9-5-7(8)3-1/h6-11,17,25-26H,5,12-16,18-19H2,1-4H3;6-7,12,16-17H,5,8-11H2,1-4H3;1-4,9H,5-6H2. The Bertz CT molecular complexity index is 3010. The van der Waals surface area contributed by atoms with Crippen molar-refractivity contribution in [3.05, 3.63) is 135 Å². The number of nitrogens with one attached hydrogen (secondary N) is 1. The number of Topliss-reactive ketones (excluding diaryl/α,β-unsaturated/α-hetero) is 2. The predicted octanol–water partition coefficient (Wildman–Crippen LogP) is 12.5. The topological polar surface area (TPSA) is 192 Å². The van der Waals surface area contributed by atoms with Crippen molar-refractivity contribution in [1.29, 1.82) is 0 Å². The van der Waals surface area contributed by atoms with Crippen LogP contribution in [-0.4, -0.2) is 102 Å². The van der Waals surface area contributed by atoms with E-state index < -0.39 is 153 Å². The Morgan fingerprint density at radius 3 is 1.40 bits per heavy atom. The van der Waals surface area contributed by atoms with Crippen molar-refractivity contribution in [1.82, 2.24) is 10.2 Å². The summed E-state index contributed by atoms with van der Waals surface area (Å²) in [6, 6.07) is 23.2. The van der Waals surface area contributed by atoms with E-state index in [4.69, 9.17) is 18.9 Å².